The summed E-state index contributed by atoms with van der Waals surface area (Å²) in [4.78, 5) is 24.1. The number of rotatable bonds is 1. The molecule has 0 aromatic heterocycles. The zero-order chi connectivity index (χ0) is 13.7. The summed E-state index contributed by atoms with van der Waals surface area (Å²) in [7, 11) is 0. The van der Waals surface area contributed by atoms with Crippen molar-refractivity contribution in [3.8, 4) is 0 Å². The third-order valence-electron chi connectivity index (χ3n) is 4.63. The molecule has 1 saturated carbocycles. The van der Waals surface area contributed by atoms with Gasteiger partial charge in [0.15, 0.2) is 5.78 Å². The smallest absolute Gasteiger partial charge is 0.159 e. The van der Waals surface area contributed by atoms with Crippen LogP contribution in [0.15, 0.2) is 11.1 Å². The molecule has 0 heterocycles. The van der Waals surface area contributed by atoms with Crippen LogP contribution in [0.2, 0.25) is 0 Å². The molecule has 0 aliphatic heterocycles. The highest BCUT2D eigenvalue weighted by Gasteiger charge is 2.43. The van der Waals surface area contributed by atoms with E-state index in [1.54, 1.807) is 13.8 Å². The molecule has 0 aromatic carbocycles. The van der Waals surface area contributed by atoms with Gasteiger partial charge in [0.05, 0.1) is 5.60 Å². The van der Waals surface area contributed by atoms with E-state index >= 15 is 0 Å². The summed E-state index contributed by atoms with van der Waals surface area (Å²) < 4.78 is 0. The largest absolute Gasteiger partial charge is 0.390 e. The van der Waals surface area contributed by atoms with Gasteiger partial charge in [-0.2, -0.15) is 0 Å². The maximum absolute atomic E-state index is 12.2. The molecule has 0 radical (unpaired) electrons. The van der Waals surface area contributed by atoms with E-state index in [1.807, 2.05) is 13.8 Å². The molecule has 0 saturated heterocycles. The fourth-order valence-corrected chi connectivity index (χ4v) is 3.36. The Morgan fingerprint density at radius 3 is 2.33 bits per heavy atom. The molecule has 2 rings (SSSR count). The van der Waals surface area contributed by atoms with Gasteiger partial charge in [0.1, 0.15) is 5.78 Å². The lowest BCUT2D eigenvalue weighted by atomic mass is 9.82. The van der Waals surface area contributed by atoms with Crippen molar-refractivity contribution in [1.82, 2.24) is 0 Å². The predicted molar refractivity (Wildman–Crippen MR) is 69.0 cm³/mol. The van der Waals surface area contributed by atoms with Gasteiger partial charge in [-0.25, -0.2) is 0 Å². The van der Waals surface area contributed by atoms with Gasteiger partial charge in [0.25, 0.3) is 0 Å². The number of ketones is 2. The lowest BCUT2D eigenvalue weighted by Crippen LogP contribution is -2.36. The molecular formula is C15H22O3. The van der Waals surface area contributed by atoms with Crippen LogP contribution in [0.1, 0.15) is 47.0 Å². The molecule has 2 aliphatic carbocycles. The van der Waals surface area contributed by atoms with E-state index in [0.717, 1.165) is 11.1 Å². The van der Waals surface area contributed by atoms with Crippen molar-refractivity contribution in [3.63, 3.8) is 0 Å². The zero-order valence-corrected chi connectivity index (χ0v) is 11.6. The van der Waals surface area contributed by atoms with Gasteiger partial charge in [0.2, 0.25) is 0 Å². The van der Waals surface area contributed by atoms with Crippen molar-refractivity contribution >= 4 is 11.6 Å². The first-order chi connectivity index (χ1) is 8.21. The number of Topliss-reactive ketones (excluding diaryl/α,β-unsaturated/α-hetero) is 2. The third-order valence-corrected chi connectivity index (χ3v) is 4.63. The lowest BCUT2D eigenvalue weighted by molar-refractivity contribution is -0.130. The summed E-state index contributed by atoms with van der Waals surface area (Å²) in [6, 6.07) is 0. The summed E-state index contributed by atoms with van der Waals surface area (Å²) in [5, 5.41) is 10.2. The minimum atomic E-state index is -1.01. The Morgan fingerprint density at radius 2 is 1.78 bits per heavy atom. The third kappa shape index (κ3) is 2.16. The van der Waals surface area contributed by atoms with Crippen molar-refractivity contribution in [2.24, 2.45) is 17.8 Å². The number of allylic oxidation sites excluding steroid dienone is 2. The van der Waals surface area contributed by atoms with Crippen LogP contribution in [0.25, 0.3) is 0 Å². The van der Waals surface area contributed by atoms with Gasteiger partial charge in [-0.05, 0) is 44.6 Å². The maximum Gasteiger partial charge on any atom is 0.159 e. The highest BCUT2D eigenvalue weighted by molar-refractivity contribution is 5.99. The number of hydrogen-bond acceptors (Lipinski definition) is 3. The van der Waals surface area contributed by atoms with Crippen molar-refractivity contribution in [2.75, 3.05) is 0 Å². The second-order valence-corrected chi connectivity index (χ2v) is 6.44. The molecule has 3 heteroatoms. The normalized spacial score (nSPS) is 33.7. The summed E-state index contributed by atoms with van der Waals surface area (Å²) in [5.41, 5.74) is 0.936. The van der Waals surface area contributed by atoms with Gasteiger partial charge < -0.3 is 5.11 Å². The van der Waals surface area contributed by atoms with Crippen molar-refractivity contribution in [1.29, 1.82) is 0 Å². The number of carbonyl (C=O) groups is 2. The predicted octanol–water partition coefficient (Wildman–Crippen LogP) is 2.28. The van der Waals surface area contributed by atoms with Crippen LogP contribution in [0, 0.1) is 17.8 Å². The summed E-state index contributed by atoms with van der Waals surface area (Å²) in [6.07, 6.45) is 1.58. The molecule has 0 bridgehead atoms. The fourth-order valence-electron chi connectivity index (χ4n) is 3.36. The lowest BCUT2D eigenvalue weighted by Gasteiger charge is -2.27. The quantitative estimate of drug-likeness (QED) is 0.776. The van der Waals surface area contributed by atoms with Crippen molar-refractivity contribution in [3.05, 3.63) is 11.1 Å². The molecule has 0 spiro atoms. The monoisotopic (exact) mass is 250 g/mol. The van der Waals surface area contributed by atoms with Crippen LogP contribution in [-0.2, 0) is 9.59 Å². The van der Waals surface area contributed by atoms with Gasteiger partial charge in [0, 0.05) is 18.8 Å². The molecule has 1 N–H and O–H groups in total. The van der Waals surface area contributed by atoms with Crippen LogP contribution in [0.3, 0.4) is 0 Å². The summed E-state index contributed by atoms with van der Waals surface area (Å²) in [6.45, 7) is 7.28. The minimum absolute atomic E-state index is 0.136. The number of hydrogen-bond donors (Lipinski definition) is 1. The molecular weight excluding hydrogens is 228 g/mol. The van der Waals surface area contributed by atoms with Crippen molar-refractivity contribution < 1.29 is 14.7 Å². The Kier molecular flexibility index (Phi) is 3.22. The van der Waals surface area contributed by atoms with E-state index in [1.165, 1.54) is 0 Å². The Hall–Kier alpha value is -0.960. The Morgan fingerprint density at radius 1 is 1.17 bits per heavy atom. The van der Waals surface area contributed by atoms with Crippen LogP contribution < -0.4 is 0 Å². The number of aliphatic hydroxyl groups is 1. The van der Waals surface area contributed by atoms with Gasteiger partial charge in [-0.3, -0.25) is 9.59 Å². The minimum Gasteiger partial charge on any atom is -0.390 e. The van der Waals surface area contributed by atoms with E-state index in [2.05, 4.69) is 0 Å². The summed E-state index contributed by atoms with van der Waals surface area (Å²) in [5.74, 6) is 0.402. The van der Waals surface area contributed by atoms with Crippen LogP contribution in [-0.4, -0.2) is 22.3 Å². The Balaban J connectivity index is 2.41. The highest BCUT2D eigenvalue weighted by atomic mass is 16.3. The van der Waals surface area contributed by atoms with Crippen LogP contribution >= 0.6 is 0 Å². The van der Waals surface area contributed by atoms with Crippen LogP contribution in [0.5, 0.6) is 0 Å². The van der Waals surface area contributed by atoms with E-state index in [0.29, 0.717) is 19.3 Å². The molecule has 100 valence electrons. The molecule has 0 amide bonds. The second kappa shape index (κ2) is 4.30. The number of fused-ring (bicyclic) bond motifs is 1. The second-order valence-electron chi connectivity index (χ2n) is 6.44. The van der Waals surface area contributed by atoms with E-state index in [-0.39, 0.29) is 29.3 Å². The van der Waals surface area contributed by atoms with Crippen LogP contribution in [0.4, 0.5) is 0 Å². The topological polar surface area (TPSA) is 54.4 Å². The van der Waals surface area contributed by atoms with Crippen molar-refractivity contribution in [2.45, 2.75) is 52.6 Å². The SMILES string of the molecule is CC1=C2C[C@H](C(C)(C)O)C(=O)C[C@H](C)[C@H]2CC1=O. The van der Waals surface area contributed by atoms with Gasteiger partial charge in [-0.1, -0.05) is 12.5 Å². The number of carbonyl (C=O) groups excluding carboxylic acids is 2. The molecule has 3 nitrogen and oxygen atoms in total. The fraction of sp³-hybridized carbons (Fsp3) is 0.733. The Labute approximate surface area is 108 Å². The molecule has 0 aromatic rings. The van der Waals surface area contributed by atoms with Gasteiger partial charge in [-0.15, -0.1) is 0 Å². The molecule has 2 aliphatic rings. The van der Waals surface area contributed by atoms with E-state index in [9.17, 15) is 14.7 Å². The first kappa shape index (κ1) is 13.5. The highest BCUT2D eigenvalue weighted by Crippen LogP contribution is 2.44. The molecule has 18 heavy (non-hydrogen) atoms. The first-order valence-electron chi connectivity index (χ1n) is 6.69. The zero-order valence-electron chi connectivity index (χ0n) is 11.6. The first-order valence-corrected chi connectivity index (χ1v) is 6.69. The molecule has 3 atom stereocenters. The average Bonchev–Trinajstić information content (AvgIpc) is 2.43. The summed E-state index contributed by atoms with van der Waals surface area (Å²) >= 11 is 0. The maximum atomic E-state index is 12.2. The van der Waals surface area contributed by atoms with E-state index in [4.69, 9.17) is 0 Å². The molecule has 0 unspecified atom stereocenters. The standard InChI is InChI=1S/C15H22O3/c1-8-5-14(17)12(15(3,4)18)6-11-9(2)13(16)7-10(8)11/h8,10,12,18H,5-7H2,1-4H3/t8-,10+,12-/m0/s1. The Bertz CT molecular complexity index is 426. The average molecular weight is 250 g/mol. The van der Waals surface area contributed by atoms with E-state index < -0.39 is 5.60 Å². The molecule has 1 fully saturated rings. The van der Waals surface area contributed by atoms with Gasteiger partial charge >= 0.3 is 0 Å².